The Labute approximate surface area is 109 Å². The van der Waals surface area contributed by atoms with Gasteiger partial charge in [-0.15, -0.1) is 19.0 Å². The number of hydrogen-bond acceptors (Lipinski definition) is 2. The van der Waals surface area contributed by atoms with Crippen LogP contribution >= 0.6 is 12.4 Å². The molecule has 0 saturated heterocycles. The van der Waals surface area contributed by atoms with E-state index < -0.39 is 12.0 Å². The molecule has 0 radical (unpaired) electrons. The van der Waals surface area contributed by atoms with E-state index in [1.165, 1.54) is 0 Å². The fraction of sp³-hybridized carbons (Fsp3) is 0.308. The lowest BCUT2D eigenvalue weighted by Gasteiger charge is -2.12. The summed E-state index contributed by atoms with van der Waals surface area (Å²) >= 11 is 0. The Bertz CT molecular complexity index is 371. The van der Waals surface area contributed by atoms with Crippen LogP contribution in [-0.4, -0.2) is 23.7 Å². The van der Waals surface area contributed by atoms with Gasteiger partial charge in [0, 0.05) is 6.54 Å². The second kappa shape index (κ2) is 8.79. The summed E-state index contributed by atoms with van der Waals surface area (Å²) in [5, 5.41) is 11.9. The van der Waals surface area contributed by atoms with E-state index in [-0.39, 0.29) is 12.4 Å². The topological polar surface area (TPSA) is 49.3 Å². The molecule has 17 heavy (non-hydrogen) atoms. The minimum atomic E-state index is -0.848. The Morgan fingerprint density at radius 1 is 1.53 bits per heavy atom. The summed E-state index contributed by atoms with van der Waals surface area (Å²) in [4.78, 5) is 11.0. The van der Waals surface area contributed by atoms with Crippen LogP contribution in [0.2, 0.25) is 0 Å². The van der Waals surface area contributed by atoms with Crippen molar-refractivity contribution in [1.29, 1.82) is 0 Å². The summed E-state index contributed by atoms with van der Waals surface area (Å²) in [5.41, 5.74) is 1.14. The highest BCUT2D eigenvalue weighted by Crippen LogP contribution is 2.05. The van der Waals surface area contributed by atoms with Crippen molar-refractivity contribution in [2.24, 2.45) is 0 Å². The van der Waals surface area contributed by atoms with Crippen molar-refractivity contribution >= 4 is 18.4 Å². The summed E-state index contributed by atoms with van der Waals surface area (Å²) in [6, 6.07) is 9.25. The molecule has 0 spiro atoms. The zero-order valence-electron chi connectivity index (χ0n) is 10.5. The van der Waals surface area contributed by atoms with Crippen LogP contribution in [0.3, 0.4) is 0 Å². The Hall–Kier alpha value is -1.32. The van der Waals surface area contributed by atoms with Crippen molar-refractivity contribution in [1.82, 2.24) is 5.32 Å². The van der Waals surface area contributed by atoms with Crippen molar-refractivity contribution in [3.8, 4) is 0 Å². The third-order valence-corrected chi connectivity index (χ3v) is 2.34. The number of aryl methyl sites for hydroxylation is 1. The molecule has 0 unspecified atom stereocenters. The molecule has 0 bridgehead atoms. The molecule has 1 atom stereocenters. The molecule has 0 aliphatic rings. The van der Waals surface area contributed by atoms with E-state index >= 15 is 0 Å². The first kappa shape index (κ1) is 13.7. The first-order chi connectivity index (χ1) is 8.24. The first-order valence-corrected chi connectivity index (χ1v) is 5.27. The number of carboxylic acid groups (broad SMARTS) is 1. The summed E-state index contributed by atoms with van der Waals surface area (Å²) in [6.07, 6.45) is 2.86. The molecule has 4 heteroatoms. The molecule has 3 nitrogen and oxygen atoms in total. The SMILES string of the molecule is Cl.[2H]C=CCN[C@@H](CCc1ccccc1)C(=O)O. The molecular weight excluding hydrogens is 238 g/mol. The van der Waals surface area contributed by atoms with Crippen LogP contribution in [0.25, 0.3) is 0 Å². The average molecular weight is 257 g/mol. The first-order valence-electron chi connectivity index (χ1n) is 5.85. The van der Waals surface area contributed by atoms with Crippen LogP contribution in [0, 0.1) is 0 Å². The third-order valence-electron chi connectivity index (χ3n) is 2.34. The van der Waals surface area contributed by atoms with Crippen molar-refractivity contribution in [3.05, 3.63) is 48.5 Å². The largest absolute Gasteiger partial charge is 0.480 e. The zero-order valence-corrected chi connectivity index (χ0v) is 10.3. The van der Waals surface area contributed by atoms with E-state index in [1.807, 2.05) is 30.3 Å². The van der Waals surface area contributed by atoms with E-state index in [9.17, 15) is 4.79 Å². The molecule has 1 rings (SSSR count). The van der Waals surface area contributed by atoms with Gasteiger partial charge >= 0.3 is 5.97 Å². The number of carbonyl (C=O) groups is 1. The number of aliphatic carboxylic acids is 1. The van der Waals surface area contributed by atoms with Crippen LogP contribution in [0.4, 0.5) is 0 Å². The highest BCUT2D eigenvalue weighted by atomic mass is 35.5. The van der Waals surface area contributed by atoms with Gasteiger partial charge in [-0.25, -0.2) is 0 Å². The van der Waals surface area contributed by atoms with Crippen molar-refractivity contribution in [3.63, 3.8) is 0 Å². The minimum Gasteiger partial charge on any atom is -0.480 e. The number of carboxylic acids is 1. The van der Waals surface area contributed by atoms with Gasteiger partial charge in [-0.1, -0.05) is 36.4 Å². The number of benzene rings is 1. The zero-order chi connectivity index (χ0) is 12.5. The van der Waals surface area contributed by atoms with E-state index in [2.05, 4.69) is 5.32 Å². The Balaban J connectivity index is 0.00000289. The normalized spacial score (nSPS) is 12.8. The lowest BCUT2D eigenvalue weighted by molar-refractivity contribution is -0.139. The molecule has 0 aliphatic heterocycles. The summed E-state index contributed by atoms with van der Waals surface area (Å²) in [5.74, 6) is -0.848. The van der Waals surface area contributed by atoms with Crippen LogP contribution in [-0.2, 0) is 11.2 Å². The van der Waals surface area contributed by atoms with Crippen molar-refractivity contribution in [2.75, 3.05) is 6.54 Å². The van der Waals surface area contributed by atoms with Gasteiger partial charge in [0.2, 0.25) is 0 Å². The van der Waals surface area contributed by atoms with Gasteiger partial charge in [-0.2, -0.15) is 0 Å². The van der Waals surface area contributed by atoms with Crippen LogP contribution < -0.4 is 5.32 Å². The quantitative estimate of drug-likeness (QED) is 0.736. The van der Waals surface area contributed by atoms with Crippen molar-refractivity contribution in [2.45, 2.75) is 18.9 Å². The van der Waals surface area contributed by atoms with Crippen LogP contribution in [0.15, 0.2) is 43.0 Å². The summed E-state index contributed by atoms with van der Waals surface area (Å²) < 4.78 is 6.82. The molecule has 1 aromatic rings. The number of hydrogen-bond donors (Lipinski definition) is 2. The maximum Gasteiger partial charge on any atom is 0.320 e. The molecular formula is C13H18ClNO2. The molecule has 94 valence electrons. The van der Waals surface area contributed by atoms with E-state index in [4.69, 9.17) is 6.48 Å². The standard InChI is InChI=1S/C13H17NO2.ClH/c1-2-10-14-12(13(15)16)9-8-11-6-4-3-5-7-11;/h2-7,12,14H,1,8-10H2,(H,15,16);1H/t12-;/m0./s1/i1D;. The summed E-state index contributed by atoms with van der Waals surface area (Å²) in [7, 11) is 0. The van der Waals surface area contributed by atoms with Gasteiger partial charge in [0.25, 0.3) is 0 Å². The molecule has 0 aromatic heterocycles. The predicted molar refractivity (Wildman–Crippen MR) is 71.6 cm³/mol. The van der Waals surface area contributed by atoms with E-state index in [0.717, 1.165) is 18.5 Å². The fourth-order valence-corrected chi connectivity index (χ4v) is 1.48. The van der Waals surface area contributed by atoms with Gasteiger partial charge in [0.15, 0.2) is 0 Å². The second-order valence-corrected chi connectivity index (χ2v) is 3.56. The molecule has 0 heterocycles. The lowest BCUT2D eigenvalue weighted by Crippen LogP contribution is -2.37. The van der Waals surface area contributed by atoms with Gasteiger partial charge in [-0.05, 0) is 18.4 Å². The Morgan fingerprint density at radius 2 is 2.24 bits per heavy atom. The average Bonchev–Trinajstić information content (AvgIpc) is 2.34. The Morgan fingerprint density at radius 3 is 2.82 bits per heavy atom. The Kier molecular flexibility index (Phi) is 7.11. The fourth-order valence-electron chi connectivity index (χ4n) is 1.48. The predicted octanol–water partition coefficient (Wildman–Crippen LogP) is 2.27. The monoisotopic (exact) mass is 256 g/mol. The summed E-state index contributed by atoms with van der Waals surface area (Å²) in [6.45, 7) is 1.57. The maximum absolute atomic E-state index is 11.0. The molecule has 0 fully saturated rings. The highest BCUT2D eigenvalue weighted by Gasteiger charge is 2.15. The van der Waals surface area contributed by atoms with Crippen LogP contribution in [0.1, 0.15) is 13.4 Å². The van der Waals surface area contributed by atoms with Gasteiger partial charge in [0.1, 0.15) is 6.04 Å². The van der Waals surface area contributed by atoms with Gasteiger partial charge in [-0.3, -0.25) is 4.79 Å². The molecule has 0 saturated carbocycles. The maximum atomic E-state index is 11.0. The second-order valence-electron chi connectivity index (χ2n) is 3.56. The minimum absolute atomic E-state index is 0. The third kappa shape index (κ3) is 6.09. The molecule has 0 aliphatic carbocycles. The number of rotatable bonds is 7. The van der Waals surface area contributed by atoms with Crippen LogP contribution in [0.5, 0.6) is 0 Å². The smallest absolute Gasteiger partial charge is 0.320 e. The molecule has 2 N–H and O–H groups in total. The lowest BCUT2D eigenvalue weighted by atomic mass is 10.1. The number of nitrogens with one attached hydrogen (secondary N) is 1. The van der Waals surface area contributed by atoms with E-state index in [1.54, 1.807) is 6.08 Å². The molecule has 1 aromatic carbocycles. The number of halogens is 1. The van der Waals surface area contributed by atoms with Gasteiger partial charge in [0.05, 0.1) is 1.37 Å². The van der Waals surface area contributed by atoms with Gasteiger partial charge < -0.3 is 10.4 Å². The van der Waals surface area contributed by atoms with Crippen molar-refractivity contribution < 1.29 is 11.3 Å². The van der Waals surface area contributed by atoms with E-state index in [0.29, 0.717) is 13.0 Å². The molecule has 0 amide bonds. The highest BCUT2D eigenvalue weighted by molar-refractivity contribution is 5.85.